The van der Waals surface area contributed by atoms with E-state index in [4.69, 9.17) is 0 Å². The lowest BCUT2D eigenvalue weighted by Crippen LogP contribution is -2.25. The normalized spacial score (nSPS) is 11.2. The molecule has 0 amide bonds. The van der Waals surface area contributed by atoms with E-state index in [1.165, 1.54) is 0 Å². The molecule has 1 radical (unpaired) electrons. The third-order valence-corrected chi connectivity index (χ3v) is 1.72. The molecule has 0 atom stereocenters. The largest absolute Gasteiger partial charge is 0.359 e. The topological polar surface area (TPSA) is 40.5 Å². The molecule has 0 unspecified atom stereocenters. The van der Waals surface area contributed by atoms with Gasteiger partial charge in [-0.1, -0.05) is 30.8 Å². The molecule has 1 aromatic rings. The van der Waals surface area contributed by atoms with E-state index >= 15 is 0 Å². The zero-order valence-corrected chi connectivity index (χ0v) is 6.91. The average Bonchev–Trinajstić information content (AvgIpc) is 2.06. The van der Waals surface area contributed by atoms with Crippen LogP contribution in [0.3, 0.4) is 0 Å². The molecule has 1 aromatic carbocycles. The van der Waals surface area contributed by atoms with Crippen molar-refractivity contribution in [2.24, 2.45) is 0 Å². The van der Waals surface area contributed by atoms with Crippen LogP contribution in [0.2, 0.25) is 0 Å². The van der Waals surface area contributed by atoms with Crippen LogP contribution in [-0.4, -0.2) is 10.2 Å². The Hall–Kier alpha value is -1.12. The molecule has 0 aliphatic rings. The van der Waals surface area contributed by atoms with E-state index < -0.39 is 5.79 Å². The number of aliphatic hydroxyl groups is 2. The highest BCUT2D eigenvalue weighted by atomic mass is 16.5. The molecule has 2 heteroatoms. The van der Waals surface area contributed by atoms with E-state index in [0.29, 0.717) is 11.1 Å². The summed E-state index contributed by atoms with van der Waals surface area (Å²) in [6.07, 6.45) is 0. The van der Waals surface area contributed by atoms with Gasteiger partial charge in [-0.25, -0.2) is 0 Å². The molecule has 0 spiro atoms. The van der Waals surface area contributed by atoms with Crippen molar-refractivity contribution in [2.75, 3.05) is 0 Å². The quantitative estimate of drug-likeness (QED) is 0.508. The molecule has 0 bridgehead atoms. The summed E-state index contributed by atoms with van der Waals surface area (Å²) in [6.45, 7) is 5.06. The molecule has 0 aliphatic heterocycles. The molecular formula is C10H11O2. The highest BCUT2D eigenvalue weighted by Crippen LogP contribution is 2.23. The highest BCUT2D eigenvalue weighted by Gasteiger charge is 2.25. The van der Waals surface area contributed by atoms with Crippen LogP contribution in [0.25, 0.3) is 0 Å². The predicted molar refractivity (Wildman–Crippen MR) is 46.2 cm³/mol. The lowest BCUT2D eigenvalue weighted by atomic mass is 10.0. The maximum absolute atomic E-state index is 9.51. The lowest BCUT2D eigenvalue weighted by Gasteiger charge is -2.21. The van der Waals surface area contributed by atoms with Crippen LogP contribution in [0.1, 0.15) is 12.5 Å². The Morgan fingerprint density at radius 2 is 1.92 bits per heavy atom. The Labute approximate surface area is 71.8 Å². The molecule has 0 fully saturated rings. The number of benzene rings is 1. The maximum Gasteiger partial charge on any atom is 0.212 e. The molecule has 0 saturated carbocycles. The van der Waals surface area contributed by atoms with Gasteiger partial charge in [0.1, 0.15) is 0 Å². The molecule has 2 N–H and O–H groups in total. The number of rotatable bonds is 2. The van der Waals surface area contributed by atoms with Gasteiger partial charge in [-0.05, 0) is 18.6 Å². The molecule has 2 nitrogen and oxygen atoms in total. The zero-order valence-electron chi connectivity index (χ0n) is 6.91. The van der Waals surface area contributed by atoms with E-state index in [9.17, 15) is 10.2 Å². The standard InChI is InChI=1S/C10H11O2/c1-8(2)10(11,12)9-6-4-3-5-7-9/h4-7,11-12H,1H2,2H3. The van der Waals surface area contributed by atoms with Crippen molar-refractivity contribution in [3.8, 4) is 0 Å². The summed E-state index contributed by atoms with van der Waals surface area (Å²) in [5.74, 6) is -1.92. The van der Waals surface area contributed by atoms with Gasteiger partial charge < -0.3 is 10.2 Å². The van der Waals surface area contributed by atoms with E-state index in [2.05, 4.69) is 12.6 Å². The summed E-state index contributed by atoms with van der Waals surface area (Å²) < 4.78 is 0. The molecule has 0 saturated heterocycles. The second-order valence-electron chi connectivity index (χ2n) is 2.74. The molecule has 0 aliphatic carbocycles. The maximum atomic E-state index is 9.51. The second-order valence-corrected chi connectivity index (χ2v) is 2.74. The summed E-state index contributed by atoms with van der Waals surface area (Å²) in [4.78, 5) is 0. The number of hydrogen-bond acceptors (Lipinski definition) is 2. The van der Waals surface area contributed by atoms with Crippen LogP contribution >= 0.6 is 0 Å². The summed E-state index contributed by atoms with van der Waals surface area (Å²) in [5, 5.41) is 19.0. The fourth-order valence-corrected chi connectivity index (χ4v) is 0.866. The lowest BCUT2D eigenvalue weighted by molar-refractivity contribution is -0.135. The van der Waals surface area contributed by atoms with Gasteiger partial charge in [0.05, 0.1) is 0 Å². The Balaban J connectivity index is 3.06. The SMILES string of the molecule is C=C(C)C(O)(O)c1cc[c]cc1. The van der Waals surface area contributed by atoms with Gasteiger partial charge in [-0.3, -0.25) is 0 Å². The first-order chi connectivity index (χ1) is 5.55. The first kappa shape index (κ1) is 8.97. The van der Waals surface area contributed by atoms with Crippen molar-refractivity contribution in [1.82, 2.24) is 0 Å². The van der Waals surface area contributed by atoms with Crippen LogP contribution in [0.5, 0.6) is 0 Å². The summed E-state index contributed by atoms with van der Waals surface area (Å²) in [6, 6.07) is 9.22. The minimum atomic E-state index is -1.92. The Bertz CT molecular complexity index is 275. The minimum Gasteiger partial charge on any atom is -0.359 e. The third-order valence-electron chi connectivity index (χ3n) is 1.72. The molecule has 0 aromatic heterocycles. The zero-order chi connectivity index (χ0) is 9.19. The molecule has 63 valence electrons. The first-order valence-corrected chi connectivity index (χ1v) is 3.62. The van der Waals surface area contributed by atoms with Crippen LogP contribution in [0, 0.1) is 6.07 Å². The van der Waals surface area contributed by atoms with Crippen molar-refractivity contribution in [2.45, 2.75) is 12.7 Å². The fraction of sp³-hybridized carbons (Fsp3) is 0.200. The van der Waals surface area contributed by atoms with Crippen molar-refractivity contribution in [1.29, 1.82) is 0 Å². The van der Waals surface area contributed by atoms with Gasteiger partial charge in [0, 0.05) is 5.56 Å². The van der Waals surface area contributed by atoms with Gasteiger partial charge in [0.25, 0.3) is 0 Å². The molecule has 12 heavy (non-hydrogen) atoms. The van der Waals surface area contributed by atoms with Gasteiger partial charge in [-0.2, -0.15) is 0 Å². The van der Waals surface area contributed by atoms with Gasteiger partial charge in [-0.15, -0.1) is 0 Å². The summed E-state index contributed by atoms with van der Waals surface area (Å²) >= 11 is 0. The van der Waals surface area contributed by atoms with Crippen molar-refractivity contribution in [3.05, 3.63) is 48.0 Å². The number of hydrogen-bond donors (Lipinski definition) is 2. The van der Waals surface area contributed by atoms with E-state index in [1.807, 2.05) is 0 Å². The van der Waals surface area contributed by atoms with Gasteiger partial charge >= 0.3 is 0 Å². The highest BCUT2D eigenvalue weighted by molar-refractivity contribution is 5.26. The van der Waals surface area contributed by atoms with Gasteiger partial charge in [0.2, 0.25) is 5.79 Å². The molecular weight excluding hydrogens is 152 g/mol. The van der Waals surface area contributed by atoms with Crippen LogP contribution in [-0.2, 0) is 5.79 Å². The summed E-state index contributed by atoms with van der Waals surface area (Å²) in [7, 11) is 0. The Morgan fingerprint density at radius 1 is 1.42 bits per heavy atom. The van der Waals surface area contributed by atoms with Gasteiger partial charge in [0.15, 0.2) is 0 Å². The Kier molecular flexibility index (Phi) is 2.31. The fourth-order valence-electron chi connectivity index (χ4n) is 0.866. The third kappa shape index (κ3) is 1.55. The first-order valence-electron chi connectivity index (χ1n) is 3.62. The van der Waals surface area contributed by atoms with Crippen molar-refractivity contribution in [3.63, 3.8) is 0 Å². The monoisotopic (exact) mass is 163 g/mol. The molecule has 1 rings (SSSR count). The Morgan fingerprint density at radius 3 is 2.33 bits per heavy atom. The second kappa shape index (κ2) is 3.09. The summed E-state index contributed by atoms with van der Waals surface area (Å²) in [5.41, 5.74) is 0.711. The van der Waals surface area contributed by atoms with Crippen molar-refractivity contribution < 1.29 is 10.2 Å². The van der Waals surface area contributed by atoms with Crippen molar-refractivity contribution >= 4 is 0 Å². The van der Waals surface area contributed by atoms with Crippen LogP contribution in [0.4, 0.5) is 0 Å². The van der Waals surface area contributed by atoms with E-state index in [-0.39, 0.29) is 0 Å². The van der Waals surface area contributed by atoms with E-state index in [0.717, 1.165) is 0 Å². The molecule has 0 heterocycles. The van der Waals surface area contributed by atoms with E-state index in [1.54, 1.807) is 31.2 Å². The van der Waals surface area contributed by atoms with Crippen LogP contribution < -0.4 is 0 Å². The average molecular weight is 163 g/mol. The van der Waals surface area contributed by atoms with Crippen LogP contribution in [0.15, 0.2) is 36.4 Å². The predicted octanol–water partition coefficient (Wildman–Crippen LogP) is 1.20. The smallest absolute Gasteiger partial charge is 0.212 e. The minimum absolute atomic E-state index is 0.300.